The summed E-state index contributed by atoms with van der Waals surface area (Å²) >= 11 is 0. The lowest BCUT2D eigenvalue weighted by Crippen LogP contribution is -2.39. The summed E-state index contributed by atoms with van der Waals surface area (Å²) in [5, 5.41) is 2.55. The van der Waals surface area contributed by atoms with Crippen LogP contribution in [0, 0.1) is 5.92 Å². The molecule has 0 aliphatic heterocycles. The molecule has 114 valence electrons. The first-order valence-electron chi connectivity index (χ1n) is 7.96. The van der Waals surface area contributed by atoms with Gasteiger partial charge in [-0.05, 0) is 36.1 Å². The predicted octanol–water partition coefficient (Wildman–Crippen LogP) is 4.21. The highest BCUT2D eigenvalue weighted by molar-refractivity contribution is 5.86. The van der Waals surface area contributed by atoms with Crippen molar-refractivity contribution in [3.63, 3.8) is 0 Å². The molecule has 2 rings (SSSR count). The zero-order chi connectivity index (χ0) is 15.4. The van der Waals surface area contributed by atoms with Gasteiger partial charge in [-0.3, -0.25) is 4.90 Å². The number of nitrogens with zero attached hydrogens (tertiary/aromatic N) is 1. The van der Waals surface area contributed by atoms with Crippen LogP contribution < -0.4 is 5.73 Å². The van der Waals surface area contributed by atoms with Crippen molar-refractivity contribution in [1.29, 1.82) is 0 Å². The molecule has 1 unspecified atom stereocenters. The lowest BCUT2D eigenvalue weighted by atomic mass is 9.98. The van der Waals surface area contributed by atoms with Crippen LogP contribution in [0.15, 0.2) is 42.5 Å². The molecule has 2 aromatic carbocycles. The van der Waals surface area contributed by atoms with Crippen molar-refractivity contribution in [1.82, 2.24) is 4.90 Å². The van der Waals surface area contributed by atoms with E-state index in [0.29, 0.717) is 12.0 Å². The van der Waals surface area contributed by atoms with E-state index in [1.165, 1.54) is 16.3 Å². The molecule has 0 saturated heterocycles. The molecule has 0 amide bonds. The fraction of sp³-hybridized carbons (Fsp3) is 0.474. The molecule has 21 heavy (non-hydrogen) atoms. The summed E-state index contributed by atoms with van der Waals surface area (Å²) in [5.41, 5.74) is 7.79. The topological polar surface area (TPSA) is 29.3 Å². The first-order chi connectivity index (χ1) is 9.99. The Morgan fingerprint density at radius 2 is 1.57 bits per heavy atom. The molecular weight excluding hydrogens is 256 g/mol. The molecule has 2 N–H and O–H groups in total. The fourth-order valence-corrected chi connectivity index (χ4v) is 2.89. The van der Waals surface area contributed by atoms with Crippen LogP contribution in [0.3, 0.4) is 0 Å². The zero-order valence-electron chi connectivity index (χ0n) is 13.7. The summed E-state index contributed by atoms with van der Waals surface area (Å²) in [4.78, 5) is 2.48. The van der Waals surface area contributed by atoms with Crippen molar-refractivity contribution in [2.24, 2.45) is 11.7 Å². The minimum atomic E-state index is 0.0530. The Morgan fingerprint density at radius 3 is 2.24 bits per heavy atom. The maximum Gasteiger partial charge on any atom is 0.0430 e. The van der Waals surface area contributed by atoms with E-state index in [-0.39, 0.29) is 6.04 Å². The van der Waals surface area contributed by atoms with Crippen LogP contribution in [0.4, 0.5) is 0 Å². The van der Waals surface area contributed by atoms with Gasteiger partial charge in [-0.1, -0.05) is 56.3 Å². The molecule has 0 heterocycles. The predicted molar refractivity (Wildman–Crippen MR) is 92.4 cm³/mol. The molecule has 2 heteroatoms. The van der Waals surface area contributed by atoms with Gasteiger partial charge >= 0.3 is 0 Å². The smallest absolute Gasteiger partial charge is 0.0430 e. The van der Waals surface area contributed by atoms with E-state index in [1.807, 2.05) is 0 Å². The molecular formula is C19H28N2. The van der Waals surface area contributed by atoms with Gasteiger partial charge in [-0.25, -0.2) is 0 Å². The van der Waals surface area contributed by atoms with Gasteiger partial charge in [0.25, 0.3) is 0 Å². The number of hydrogen-bond donors (Lipinski definition) is 1. The highest BCUT2D eigenvalue weighted by atomic mass is 15.2. The highest BCUT2D eigenvalue weighted by Crippen LogP contribution is 2.24. The Morgan fingerprint density at radius 1 is 0.905 bits per heavy atom. The largest absolute Gasteiger partial charge is 0.323 e. The number of fused-ring (bicyclic) bond motifs is 1. The van der Waals surface area contributed by atoms with Gasteiger partial charge in [-0.2, -0.15) is 0 Å². The number of benzene rings is 2. The van der Waals surface area contributed by atoms with Crippen LogP contribution in [0.1, 0.15) is 39.3 Å². The highest BCUT2D eigenvalue weighted by Gasteiger charge is 2.17. The monoisotopic (exact) mass is 284 g/mol. The molecule has 0 spiro atoms. The van der Waals surface area contributed by atoms with Gasteiger partial charge in [0.05, 0.1) is 0 Å². The molecule has 0 bridgehead atoms. The first-order valence-corrected chi connectivity index (χ1v) is 7.96. The van der Waals surface area contributed by atoms with E-state index in [0.717, 1.165) is 13.1 Å². The van der Waals surface area contributed by atoms with Crippen LogP contribution in [-0.2, 0) is 0 Å². The summed E-state index contributed by atoms with van der Waals surface area (Å²) in [5.74, 6) is 0.659. The number of rotatable bonds is 6. The molecule has 0 aromatic heterocycles. The Labute approximate surface area is 128 Å². The van der Waals surface area contributed by atoms with E-state index in [9.17, 15) is 0 Å². The molecule has 0 aliphatic rings. The minimum absolute atomic E-state index is 0.0530. The van der Waals surface area contributed by atoms with Crippen LogP contribution in [0.5, 0.6) is 0 Å². The molecule has 2 nitrogen and oxygen atoms in total. The van der Waals surface area contributed by atoms with Crippen molar-refractivity contribution in [3.05, 3.63) is 48.0 Å². The molecule has 0 saturated carbocycles. The Hall–Kier alpha value is -1.38. The lowest BCUT2D eigenvalue weighted by Gasteiger charge is -2.31. The van der Waals surface area contributed by atoms with E-state index in [2.05, 4.69) is 75.1 Å². The molecule has 0 radical (unpaired) electrons. The van der Waals surface area contributed by atoms with Gasteiger partial charge in [-0.15, -0.1) is 0 Å². The summed E-state index contributed by atoms with van der Waals surface area (Å²) in [6.45, 7) is 11.0. The Bertz CT molecular complexity index is 569. The van der Waals surface area contributed by atoms with E-state index >= 15 is 0 Å². The van der Waals surface area contributed by atoms with Gasteiger partial charge in [0.2, 0.25) is 0 Å². The van der Waals surface area contributed by atoms with E-state index in [4.69, 9.17) is 5.73 Å². The number of nitrogens with two attached hydrogens (primary N) is 1. The average molecular weight is 284 g/mol. The lowest BCUT2D eigenvalue weighted by molar-refractivity contribution is 0.186. The van der Waals surface area contributed by atoms with Crippen molar-refractivity contribution in [2.75, 3.05) is 13.1 Å². The standard InChI is InChI=1S/C19H28N2/c1-14(2)12-21(15(3)4)13-19(20)18-11-7-9-16-8-5-6-10-17(16)18/h5-11,14-15,19H,12-13,20H2,1-4H3. The van der Waals surface area contributed by atoms with Crippen LogP contribution in [0.25, 0.3) is 10.8 Å². The molecule has 0 aliphatic carbocycles. The maximum absolute atomic E-state index is 6.53. The third kappa shape index (κ3) is 4.05. The van der Waals surface area contributed by atoms with Gasteiger partial charge in [0.1, 0.15) is 0 Å². The molecule has 2 aromatic rings. The van der Waals surface area contributed by atoms with Crippen LogP contribution in [0.2, 0.25) is 0 Å². The second-order valence-corrected chi connectivity index (χ2v) is 6.62. The fourth-order valence-electron chi connectivity index (χ4n) is 2.89. The van der Waals surface area contributed by atoms with E-state index < -0.39 is 0 Å². The van der Waals surface area contributed by atoms with Gasteiger partial charge in [0, 0.05) is 25.2 Å². The first kappa shape index (κ1) is 16.0. The average Bonchev–Trinajstić information content (AvgIpc) is 2.45. The summed E-state index contributed by atoms with van der Waals surface area (Å²) in [6, 6.07) is 15.5. The molecule has 0 fully saturated rings. The Balaban J connectivity index is 2.23. The minimum Gasteiger partial charge on any atom is -0.323 e. The van der Waals surface area contributed by atoms with E-state index in [1.54, 1.807) is 0 Å². The van der Waals surface area contributed by atoms with Crippen LogP contribution >= 0.6 is 0 Å². The Kier molecular flexibility index (Phi) is 5.38. The number of hydrogen-bond acceptors (Lipinski definition) is 2. The summed E-state index contributed by atoms with van der Waals surface area (Å²) in [6.07, 6.45) is 0. The van der Waals surface area contributed by atoms with Gasteiger partial charge in [0.15, 0.2) is 0 Å². The summed E-state index contributed by atoms with van der Waals surface area (Å²) < 4.78 is 0. The van der Waals surface area contributed by atoms with Crippen molar-refractivity contribution >= 4 is 10.8 Å². The summed E-state index contributed by atoms with van der Waals surface area (Å²) in [7, 11) is 0. The van der Waals surface area contributed by atoms with Crippen LogP contribution in [-0.4, -0.2) is 24.0 Å². The normalized spacial score (nSPS) is 13.5. The third-order valence-corrected chi connectivity index (χ3v) is 3.98. The second-order valence-electron chi connectivity index (χ2n) is 6.62. The van der Waals surface area contributed by atoms with Crippen molar-refractivity contribution in [3.8, 4) is 0 Å². The molecule has 1 atom stereocenters. The maximum atomic E-state index is 6.53. The quantitative estimate of drug-likeness (QED) is 0.861. The second kappa shape index (κ2) is 7.06. The van der Waals surface area contributed by atoms with Crippen molar-refractivity contribution in [2.45, 2.75) is 39.8 Å². The SMILES string of the molecule is CC(C)CN(CC(N)c1cccc2ccccc12)C(C)C. The van der Waals surface area contributed by atoms with Gasteiger partial charge < -0.3 is 5.73 Å². The van der Waals surface area contributed by atoms with Crippen molar-refractivity contribution < 1.29 is 0 Å². The third-order valence-electron chi connectivity index (χ3n) is 3.98. The zero-order valence-corrected chi connectivity index (χ0v) is 13.7.